The lowest BCUT2D eigenvalue weighted by Crippen LogP contribution is -2.31. The van der Waals surface area contributed by atoms with E-state index in [9.17, 15) is 14.0 Å². The fraction of sp³-hybridized carbons (Fsp3) is 0.167. The standard InChI is InChI=1S/C18H16FN3O3/c1-22(11-13-5-3-12(10-20)4-6-13)18(24)21-16-9-14(17(23)25-2)7-8-15(16)19/h3-9H,11H2,1-2H3,(H,21,24). The predicted octanol–water partition coefficient (Wildman–Crippen LogP) is 3.15. The minimum absolute atomic E-state index is 0.112. The number of nitrogens with zero attached hydrogens (tertiary/aromatic N) is 2. The third-order valence-corrected chi connectivity index (χ3v) is 3.48. The van der Waals surface area contributed by atoms with Crippen molar-refractivity contribution in [2.75, 3.05) is 19.5 Å². The maximum atomic E-state index is 13.9. The highest BCUT2D eigenvalue weighted by molar-refractivity contribution is 5.94. The second-order valence-corrected chi connectivity index (χ2v) is 5.28. The Bertz CT molecular complexity index is 828. The lowest BCUT2D eigenvalue weighted by atomic mass is 10.1. The van der Waals surface area contributed by atoms with E-state index in [1.165, 1.54) is 24.1 Å². The normalized spacial score (nSPS) is 9.84. The lowest BCUT2D eigenvalue weighted by molar-refractivity contribution is 0.0600. The Hall–Kier alpha value is -3.40. The second-order valence-electron chi connectivity index (χ2n) is 5.28. The number of amides is 2. The smallest absolute Gasteiger partial charge is 0.337 e. The van der Waals surface area contributed by atoms with E-state index < -0.39 is 17.8 Å². The Morgan fingerprint density at radius 1 is 1.24 bits per heavy atom. The zero-order valence-corrected chi connectivity index (χ0v) is 13.7. The molecule has 0 radical (unpaired) electrons. The highest BCUT2D eigenvalue weighted by Crippen LogP contribution is 2.18. The van der Waals surface area contributed by atoms with Crippen molar-refractivity contribution in [1.29, 1.82) is 5.26 Å². The van der Waals surface area contributed by atoms with Gasteiger partial charge >= 0.3 is 12.0 Å². The largest absolute Gasteiger partial charge is 0.465 e. The zero-order chi connectivity index (χ0) is 18.4. The van der Waals surface area contributed by atoms with Gasteiger partial charge in [0.1, 0.15) is 5.82 Å². The molecule has 0 bridgehead atoms. The number of carbonyl (C=O) groups excluding carboxylic acids is 2. The molecule has 0 aliphatic rings. The number of methoxy groups -OCH3 is 1. The molecule has 0 aromatic heterocycles. The van der Waals surface area contributed by atoms with Crippen molar-refractivity contribution < 1.29 is 18.7 Å². The average molecular weight is 341 g/mol. The van der Waals surface area contributed by atoms with Gasteiger partial charge in [0.2, 0.25) is 0 Å². The van der Waals surface area contributed by atoms with Crippen molar-refractivity contribution >= 4 is 17.7 Å². The van der Waals surface area contributed by atoms with Gasteiger partial charge < -0.3 is 15.0 Å². The summed E-state index contributed by atoms with van der Waals surface area (Å²) >= 11 is 0. The van der Waals surface area contributed by atoms with Crippen molar-refractivity contribution in [2.45, 2.75) is 6.54 Å². The van der Waals surface area contributed by atoms with Gasteiger partial charge in [0.25, 0.3) is 0 Å². The van der Waals surface area contributed by atoms with Gasteiger partial charge in [-0.25, -0.2) is 14.0 Å². The van der Waals surface area contributed by atoms with Gasteiger partial charge in [-0.15, -0.1) is 0 Å². The molecule has 0 atom stereocenters. The van der Waals surface area contributed by atoms with Crippen LogP contribution in [0.2, 0.25) is 0 Å². The van der Waals surface area contributed by atoms with Crippen LogP contribution in [0, 0.1) is 17.1 Å². The van der Waals surface area contributed by atoms with Crippen molar-refractivity contribution in [3.05, 3.63) is 65.0 Å². The van der Waals surface area contributed by atoms with Crippen LogP contribution in [0.1, 0.15) is 21.5 Å². The molecular formula is C18H16FN3O3. The molecule has 0 aliphatic carbocycles. The Kier molecular flexibility index (Phi) is 5.69. The van der Waals surface area contributed by atoms with Crippen LogP contribution in [0.4, 0.5) is 14.9 Å². The van der Waals surface area contributed by atoms with Crippen molar-refractivity contribution in [1.82, 2.24) is 4.90 Å². The molecule has 0 unspecified atom stereocenters. The van der Waals surface area contributed by atoms with Gasteiger partial charge in [-0.2, -0.15) is 5.26 Å². The zero-order valence-electron chi connectivity index (χ0n) is 13.7. The summed E-state index contributed by atoms with van der Waals surface area (Å²) in [6, 6.07) is 11.8. The summed E-state index contributed by atoms with van der Waals surface area (Å²) < 4.78 is 18.4. The SMILES string of the molecule is COC(=O)c1ccc(F)c(NC(=O)N(C)Cc2ccc(C#N)cc2)c1. The van der Waals surface area contributed by atoms with E-state index in [1.54, 1.807) is 31.3 Å². The number of benzene rings is 2. The molecule has 2 rings (SSSR count). The number of nitriles is 1. The quantitative estimate of drug-likeness (QED) is 0.866. The molecule has 2 amide bonds. The molecule has 0 heterocycles. The van der Waals surface area contributed by atoms with Crippen LogP contribution in [0.25, 0.3) is 0 Å². The first-order valence-electron chi connectivity index (χ1n) is 7.33. The summed E-state index contributed by atoms with van der Waals surface area (Å²) in [4.78, 5) is 25.1. The van der Waals surface area contributed by atoms with E-state index in [0.717, 1.165) is 11.6 Å². The van der Waals surface area contributed by atoms with Gasteiger partial charge in [0.15, 0.2) is 0 Å². The maximum absolute atomic E-state index is 13.9. The Labute approximate surface area is 144 Å². The van der Waals surface area contributed by atoms with Crippen LogP contribution in [0.5, 0.6) is 0 Å². The lowest BCUT2D eigenvalue weighted by Gasteiger charge is -2.18. The van der Waals surface area contributed by atoms with Gasteiger partial charge in [-0.3, -0.25) is 0 Å². The molecule has 1 N–H and O–H groups in total. The van der Waals surface area contributed by atoms with Crippen LogP contribution in [0.15, 0.2) is 42.5 Å². The monoisotopic (exact) mass is 341 g/mol. The summed E-state index contributed by atoms with van der Waals surface area (Å²) in [6.07, 6.45) is 0. The topological polar surface area (TPSA) is 82.4 Å². The Balaban J connectivity index is 2.07. The number of urea groups is 1. The first kappa shape index (κ1) is 17.9. The number of halogens is 1. The first-order valence-corrected chi connectivity index (χ1v) is 7.33. The molecule has 2 aromatic rings. The van der Waals surface area contributed by atoms with E-state index in [1.807, 2.05) is 6.07 Å². The number of esters is 1. The molecule has 0 saturated carbocycles. The average Bonchev–Trinajstić information content (AvgIpc) is 2.63. The van der Waals surface area contributed by atoms with Crippen LogP contribution in [-0.4, -0.2) is 31.1 Å². The number of ether oxygens (including phenoxy) is 1. The summed E-state index contributed by atoms with van der Waals surface area (Å²) in [5.41, 5.74) is 1.37. The third-order valence-electron chi connectivity index (χ3n) is 3.48. The van der Waals surface area contributed by atoms with Gasteiger partial charge in [0, 0.05) is 13.6 Å². The predicted molar refractivity (Wildman–Crippen MR) is 89.4 cm³/mol. The molecule has 128 valence electrons. The highest BCUT2D eigenvalue weighted by Gasteiger charge is 2.15. The van der Waals surface area contributed by atoms with Gasteiger partial charge in [-0.1, -0.05) is 12.1 Å². The number of rotatable bonds is 4. The van der Waals surface area contributed by atoms with Crippen LogP contribution >= 0.6 is 0 Å². The minimum Gasteiger partial charge on any atom is -0.465 e. The Morgan fingerprint density at radius 3 is 2.52 bits per heavy atom. The summed E-state index contributed by atoms with van der Waals surface area (Å²) in [7, 11) is 2.77. The van der Waals surface area contributed by atoms with E-state index >= 15 is 0 Å². The molecule has 25 heavy (non-hydrogen) atoms. The Morgan fingerprint density at radius 2 is 1.92 bits per heavy atom. The molecule has 0 fully saturated rings. The van der Waals surface area contributed by atoms with E-state index in [-0.39, 0.29) is 17.8 Å². The van der Waals surface area contributed by atoms with Crippen LogP contribution in [-0.2, 0) is 11.3 Å². The minimum atomic E-state index is -0.659. The molecule has 0 aliphatic heterocycles. The fourth-order valence-electron chi connectivity index (χ4n) is 2.11. The fourth-order valence-corrected chi connectivity index (χ4v) is 2.11. The van der Waals surface area contributed by atoms with Gasteiger partial charge in [0.05, 0.1) is 30.0 Å². The van der Waals surface area contributed by atoms with Crippen molar-refractivity contribution in [3.63, 3.8) is 0 Å². The number of nitrogens with one attached hydrogen (secondary N) is 1. The highest BCUT2D eigenvalue weighted by atomic mass is 19.1. The number of hydrogen-bond donors (Lipinski definition) is 1. The van der Waals surface area contributed by atoms with Crippen molar-refractivity contribution in [2.24, 2.45) is 0 Å². The molecule has 2 aromatic carbocycles. The van der Waals surface area contributed by atoms with E-state index in [4.69, 9.17) is 5.26 Å². The summed E-state index contributed by atoms with van der Waals surface area (Å²) in [5.74, 6) is -1.28. The summed E-state index contributed by atoms with van der Waals surface area (Å²) in [6.45, 7) is 0.274. The maximum Gasteiger partial charge on any atom is 0.337 e. The van der Waals surface area contributed by atoms with E-state index in [0.29, 0.717) is 5.56 Å². The number of hydrogen-bond acceptors (Lipinski definition) is 4. The van der Waals surface area contributed by atoms with E-state index in [2.05, 4.69) is 10.1 Å². The molecular weight excluding hydrogens is 325 g/mol. The molecule has 6 nitrogen and oxygen atoms in total. The third kappa shape index (κ3) is 4.54. The second kappa shape index (κ2) is 7.93. The van der Waals surface area contributed by atoms with Crippen LogP contribution in [0.3, 0.4) is 0 Å². The van der Waals surface area contributed by atoms with Crippen LogP contribution < -0.4 is 5.32 Å². The number of anilines is 1. The summed E-state index contributed by atoms with van der Waals surface area (Å²) in [5, 5.41) is 11.2. The molecule has 0 spiro atoms. The van der Waals surface area contributed by atoms with Crippen molar-refractivity contribution in [3.8, 4) is 6.07 Å². The molecule has 7 heteroatoms. The first-order chi connectivity index (χ1) is 11.9. The molecule has 0 saturated heterocycles. The number of carbonyl (C=O) groups is 2. The van der Waals surface area contributed by atoms with Gasteiger partial charge in [-0.05, 0) is 35.9 Å².